The number of hydrogen-bond acceptors (Lipinski definition) is 8. The van der Waals surface area contributed by atoms with E-state index in [0.29, 0.717) is 32.1 Å². The molecule has 1 aliphatic heterocycles. The lowest BCUT2D eigenvalue weighted by Crippen LogP contribution is -2.40. The van der Waals surface area contributed by atoms with Crippen molar-refractivity contribution in [1.82, 2.24) is 4.57 Å². The third-order valence-electron chi connectivity index (χ3n) is 7.59. The summed E-state index contributed by atoms with van der Waals surface area (Å²) in [6.07, 6.45) is 1.79. The van der Waals surface area contributed by atoms with Crippen LogP contribution >= 0.6 is 11.3 Å². The molecule has 0 saturated heterocycles. The first-order valence-electron chi connectivity index (χ1n) is 14.8. The minimum atomic E-state index is -0.979. The standard InChI is InChI=1S/C37H30N2O7S/c1-3-45-36(43)31-32(25-7-5-4-6-8-25)38-37-39(33(31)26-15-19-28(44-2)20-16-26)34(40)30(47-37)21-23-11-17-29(18-12-23)46-22-24-9-13-27(14-10-24)35(41)42/h4-21,33H,3,22H2,1-2H3,(H,41,42)/b30-21+/t33-/m0/s1. The highest BCUT2D eigenvalue weighted by Gasteiger charge is 2.35. The molecule has 1 aliphatic rings. The number of fused-ring (bicyclic) bond motifs is 1. The zero-order valence-electron chi connectivity index (χ0n) is 25.6. The molecule has 0 unspecified atom stereocenters. The molecule has 0 fully saturated rings. The molecule has 47 heavy (non-hydrogen) atoms. The second-order valence-electron chi connectivity index (χ2n) is 10.6. The van der Waals surface area contributed by atoms with Crippen LogP contribution in [-0.4, -0.2) is 35.3 Å². The maximum atomic E-state index is 14.1. The van der Waals surface area contributed by atoms with Gasteiger partial charge in [-0.2, -0.15) is 0 Å². The van der Waals surface area contributed by atoms with Crippen LogP contribution in [0.4, 0.5) is 0 Å². The molecule has 0 spiro atoms. The highest BCUT2D eigenvalue weighted by Crippen LogP contribution is 2.35. The summed E-state index contributed by atoms with van der Waals surface area (Å²) in [6, 6.07) is 29.7. The van der Waals surface area contributed by atoms with E-state index in [0.717, 1.165) is 16.7 Å². The van der Waals surface area contributed by atoms with E-state index in [1.165, 1.54) is 23.5 Å². The number of carboxylic acids is 1. The second-order valence-corrected chi connectivity index (χ2v) is 11.6. The van der Waals surface area contributed by atoms with Gasteiger partial charge in [0.1, 0.15) is 18.1 Å². The van der Waals surface area contributed by atoms with Crippen LogP contribution in [0.1, 0.15) is 45.6 Å². The number of methoxy groups -OCH3 is 1. The average Bonchev–Trinajstić information content (AvgIpc) is 3.41. The van der Waals surface area contributed by atoms with Gasteiger partial charge in [-0.1, -0.05) is 78.1 Å². The number of nitrogens with zero attached hydrogens (tertiary/aromatic N) is 2. The molecule has 4 aromatic carbocycles. The Morgan fingerprint density at radius 2 is 1.60 bits per heavy atom. The lowest BCUT2D eigenvalue weighted by atomic mass is 9.93. The molecule has 0 bridgehead atoms. The van der Waals surface area contributed by atoms with Crippen LogP contribution in [0.25, 0.3) is 11.8 Å². The van der Waals surface area contributed by atoms with Crippen LogP contribution in [0.2, 0.25) is 0 Å². The summed E-state index contributed by atoms with van der Waals surface area (Å²) in [5.41, 5.74) is 3.73. The minimum absolute atomic E-state index is 0.168. The van der Waals surface area contributed by atoms with Crippen molar-refractivity contribution < 1.29 is 28.9 Å². The number of hydrogen-bond donors (Lipinski definition) is 1. The summed E-state index contributed by atoms with van der Waals surface area (Å²) in [5, 5.41) is 9.09. The number of carbonyl (C=O) groups is 2. The zero-order valence-corrected chi connectivity index (χ0v) is 26.4. The molecule has 0 aliphatic carbocycles. The van der Waals surface area contributed by atoms with Gasteiger partial charge < -0.3 is 19.3 Å². The Kier molecular flexibility index (Phi) is 9.12. The van der Waals surface area contributed by atoms with E-state index in [2.05, 4.69) is 0 Å². The molecule has 236 valence electrons. The van der Waals surface area contributed by atoms with Crippen molar-refractivity contribution in [3.8, 4) is 11.5 Å². The van der Waals surface area contributed by atoms with Crippen LogP contribution in [0, 0.1) is 0 Å². The van der Waals surface area contributed by atoms with Gasteiger partial charge in [-0.15, -0.1) is 0 Å². The van der Waals surface area contributed by atoms with Crippen molar-refractivity contribution in [3.63, 3.8) is 0 Å². The van der Waals surface area contributed by atoms with Crippen LogP contribution in [0.15, 0.2) is 118 Å². The summed E-state index contributed by atoms with van der Waals surface area (Å²) in [7, 11) is 1.58. The number of benzene rings is 4. The third-order valence-corrected chi connectivity index (χ3v) is 8.57. The summed E-state index contributed by atoms with van der Waals surface area (Å²) < 4.78 is 18.8. The Hall–Kier alpha value is -5.74. The van der Waals surface area contributed by atoms with Crippen LogP contribution in [-0.2, 0) is 16.1 Å². The largest absolute Gasteiger partial charge is 0.497 e. The van der Waals surface area contributed by atoms with Gasteiger partial charge in [-0.25, -0.2) is 14.6 Å². The lowest BCUT2D eigenvalue weighted by molar-refractivity contribution is -0.138. The number of thiazole rings is 1. The Balaban J connectivity index is 1.39. The second kappa shape index (κ2) is 13.7. The first-order chi connectivity index (χ1) is 22.9. The summed E-state index contributed by atoms with van der Waals surface area (Å²) in [6.45, 7) is 2.18. The molecule has 1 aromatic heterocycles. The molecule has 0 amide bonds. The fraction of sp³-hybridized carbons (Fsp3) is 0.135. The molecular formula is C37H30N2O7S. The van der Waals surface area contributed by atoms with Gasteiger partial charge in [0.25, 0.3) is 5.56 Å². The van der Waals surface area contributed by atoms with E-state index in [9.17, 15) is 14.4 Å². The first kappa shape index (κ1) is 31.3. The van der Waals surface area contributed by atoms with Gasteiger partial charge in [0, 0.05) is 5.56 Å². The molecule has 5 aromatic rings. The van der Waals surface area contributed by atoms with Crippen LogP contribution < -0.4 is 24.4 Å². The Morgan fingerprint density at radius 1 is 0.915 bits per heavy atom. The van der Waals surface area contributed by atoms with Crippen LogP contribution in [0.5, 0.6) is 11.5 Å². The maximum absolute atomic E-state index is 14.1. The van der Waals surface area contributed by atoms with E-state index < -0.39 is 18.0 Å². The number of ether oxygens (including phenoxy) is 3. The third kappa shape index (κ3) is 6.63. The SMILES string of the molecule is CCOC(=O)C1=C(c2ccccc2)N=c2s/c(=C/c3ccc(OCc4ccc(C(=O)O)cc4)cc3)c(=O)n2[C@H]1c1ccc(OC)cc1. The fourth-order valence-electron chi connectivity index (χ4n) is 5.26. The van der Waals surface area contributed by atoms with Crippen LogP contribution in [0.3, 0.4) is 0 Å². The molecule has 0 saturated carbocycles. The predicted octanol–water partition coefficient (Wildman–Crippen LogP) is 5.22. The molecular weight excluding hydrogens is 616 g/mol. The van der Waals surface area contributed by atoms with Crippen molar-refractivity contribution in [2.75, 3.05) is 13.7 Å². The van der Waals surface area contributed by atoms with Gasteiger partial charge >= 0.3 is 11.9 Å². The van der Waals surface area contributed by atoms with Crippen molar-refractivity contribution in [1.29, 1.82) is 0 Å². The molecule has 10 heteroatoms. The Labute approximate surface area is 274 Å². The monoisotopic (exact) mass is 646 g/mol. The normalized spacial score (nSPS) is 14.3. The average molecular weight is 647 g/mol. The number of carboxylic acid groups (broad SMARTS) is 1. The molecule has 1 atom stereocenters. The topological polar surface area (TPSA) is 116 Å². The van der Waals surface area contributed by atoms with Crippen molar-refractivity contribution in [2.24, 2.45) is 4.99 Å². The van der Waals surface area contributed by atoms with E-state index in [-0.39, 0.29) is 29.9 Å². The van der Waals surface area contributed by atoms with Crippen molar-refractivity contribution in [2.45, 2.75) is 19.6 Å². The zero-order chi connectivity index (χ0) is 32.9. The smallest absolute Gasteiger partial charge is 0.338 e. The highest BCUT2D eigenvalue weighted by atomic mass is 32.1. The van der Waals surface area contributed by atoms with Crippen molar-refractivity contribution in [3.05, 3.63) is 156 Å². The first-order valence-corrected chi connectivity index (χ1v) is 15.7. The number of carbonyl (C=O) groups excluding carboxylic acids is 1. The molecule has 0 radical (unpaired) electrons. The fourth-order valence-corrected chi connectivity index (χ4v) is 6.26. The Morgan fingerprint density at radius 3 is 2.23 bits per heavy atom. The maximum Gasteiger partial charge on any atom is 0.338 e. The van der Waals surface area contributed by atoms with E-state index >= 15 is 0 Å². The van der Waals surface area contributed by atoms with Gasteiger partial charge in [-0.05, 0) is 66.1 Å². The summed E-state index contributed by atoms with van der Waals surface area (Å²) in [4.78, 5) is 44.1. The predicted molar refractivity (Wildman–Crippen MR) is 178 cm³/mol. The van der Waals surface area contributed by atoms with Crippen molar-refractivity contribution >= 4 is 35.0 Å². The quantitative estimate of drug-likeness (QED) is 0.207. The molecule has 6 rings (SSSR count). The Bertz CT molecular complexity index is 2130. The molecule has 2 heterocycles. The van der Waals surface area contributed by atoms with Gasteiger partial charge in [0.15, 0.2) is 4.80 Å². The summed E-state index contributed by atoms with van der Waals surface area (Å²) >= 11 is 1.25. The highest BCUT2D eigenvalue weighted by molar-refractivity contribution is 7.07. The number of rotatable bonds is 10. The lowest BCUT2D eigenvalue weighted by Gasteiger charge is -2.26. The van der Waals surface area contributed by atoms with E-state index in [4.69, 9.17) is 24.3 Å². The molecule has 1 N–H and O–H groups in total. The number of aromatic nitrogens is 1. The van der Waals surface area contributed by atoms with Gasteiger partial charge in [-0.3, -0.25) is 9.36 Å². The van der Waals surface area contributed by atoms with E-state index in [1.54, 1.807) is 61.1 Å². The minimum Gasteiger partial charge on any atom is -0.497 e. The molecule has 9 nitrogen and oxygen atoms in total. The summed E-state index contributed by atoms with van der Waals surface area (Å²) in [5.74, 6) is -0.252. The van der Waals surface area contributed by atoms with E-state index in [1.807, 2.05) is 54.6 Å². The number of aromatic carboxylic acids is 1. The number of esters is 1. The van der Waals surface area contributed by atoms with Gasteiger partial charge in [0.05, 0.1) is 41.1 Å². The van der Waals surface area contributed by atoms with Gasteiger partial charge in [0.2, 0.25) is 0 Å².